The van der Waals surface area contributed by atoms with Crippen LogP contribution in [0.3, 0.4) is 0 Å². The summed E-state index contributed by atoms with van der Waals surface area (Å²) in [6.07, 6.45) is 1.67. The largest absolute Gasteiger partial charge is 0.506 e. The van der Waals surface area contributed by atoms with Gasteiger partial charge in [0.1, 0.15) is 11.3 Å². The van der Waals surface area contributed by atoms with E-state index in [4.69, 9.17) is 23.2 Å². The van der Waals surface area contributed by atoms with Crippen molar-refractivity contribution in [1.82, 2.24) is 0 Å². The molecule has 5 heteroatoms. The van der Waals surface area contributed by atoms with Crippen molar-refractivity contribution < 1.29 is 14.7 Å². The maximum atomic E-state index is 11.8. The first-order valence-corrected chi connectivity index (χ1v) is 7.19. The van der Waals surface area contributed by atoms with Crippen LogP contribution in [0.5, 0.6) is 0 Å². The number of aliphatic hydroxyl groups excluding tert-OH is 1. The Balaban J connectivity index is 2.61. The zero-order valence-corrected chi connectivity index (χ0v) is 12.5. The first kappa shape index (κ1) is 15.1. The second-order valence-electron chi connectivity index (χ2n) is 4.66. The third-order valence-electron chi connectivity index (χ3n) is 3.40. The minimum Gasteiger partial charge on any atom is -0.506 e. The summed E-state index contributed by atoms with van der Waals surface area (Å²) in [6.45, 7) is 1.89. The van der Waals surface area contributed by atoms with Gasteiger partial charge in [-0.15, -0.1) is 0 Å². The number of hydrogen-bond donors (Lipinski definition) is 1. The van der Waals surface area contributed by atoms with Crippen LogP contribution in [-0.2, 0) is 16.0 Å². The van der Waals surface area contributed by atoms with Gasteiger partial charge in [0.05, 0.1) is 5.02 Å². The van der Waals surface area contributed by atoms with E-state index in [9.17, 15) is 14.7 Å². The van der Waals surface area contributed by atoms with Crippen molar-refractivity contribution in [3.05, 3.63) is 38.9 Å². The Morgan fingerprint density at radius 3 is 2.35 bits per heavy atom. The molecule has 3 nitrogen and oxygen atoms in total. The summed E-state index contributed by atoms with van der Waals surface area (Å²) >= 11 is 12.3. The van der Waals surface area contributed by atoms with Gasteiger partial charge in [-0.3, -0.25) is 9.59 Å². The number of hydrogen-bond acceptors (Lipinski definition) is 3. The Kier molecular flexibility index (Phi) is 4.51. The Morgan fingerprint density at radius 2 is 1.80 bits per heavy atom. The molecule has 1 fully saturated rings. The number of ketones is 2. The van der Waals surface area contributed by atoms with Gasteiger partial charge >= 0.3 is 0 Å². The van der Waals surface area contributed by atoms with Crippen molar-refractivity contribution in [3.63, 3.8) is 0 Å². The van der Waals surface area contributed by atoms with Crippen LogP contribution in [0.4, 0.5) is 0 Å². The Bertz CT molecular complexity index is 600. The molecule has 1 aromatic rings. The van der Waals surface area contributed by atoms with E-state index in [-0.39, 0.29) is 46.3 Å². The average Bonchev–Trinajstić information content (AvgIpc) is 2.39. The highest BCUT2D eigenvalue weighted by Crippen LogP contribution is 2.34. The SMILES string of the molecule is CCc1c(Cl)ccc(C(O)=C2C(=O)CCCC2=O)c1Cl. The zero-order valence-electron chi connectivity index (χ0n) is 11.0. The van der Waals surface area contributed by atoms with E-state index in [0.29, 0.717) is 23.4 Å². The lowest BCUT2D eigenvalue weighted by Gasteiger charge is -2.16. The molecule has 1 aliphatic rings. The predicted octanol–water partition coefficient (Wildman–Crippen LogP) is 4.15. The number of halogens is 2. The molecule has 0 saturated heterocycles. The lowest BCUT2D eigenvalue weighted by atomic mass is 9.89. The summed E-state index contributed by atoms with van der Waals surface area (Å²) in [5.41, 5.74) is 0.836. The molecule has 106 valence electrons. The summed E-state index contributed by atoms with van der Waals surface area (Å²) in [4.78, 5) is 23.7. The van der Waals surface area contributed by atoms with E-state index < -0.39 is 0 Å². The quantitative estimate of drug-likeness (QED) is 0.507. The summed E-state index contributed by atoms with van der Waals surface area (Å²) < 4.78 is 0. The van der Waals surface area contributed by atoms with Crippen molar-refractivity contribution in [2.24, 2.45) is 0 Å². The number of benzene rings is 1. The van der Waals surface area contributed by atoms with Gasteiger partial charge in [-0.05, 0) is 30.5 Å². The van der Waals surface area contributed by atoms with E-state index in [1.165, 1.54) is 6.07 Å². The van der Waals surface area contributed by atoms with Gasteiger partial charge < -0.3 is 5.11 Å². The molecule has 0 atom stereocenters. The van der Waals surface area contributed by atoms with Crippen LogP contribution in [0.25, 0.3) is 5.76 Å². The average molecular weight is 313 g/mol. The van der Waals surface area contributed by atoms with E-state index in [1.54, 1.807) is 6.07 Å². The lowest BCUT2D eigenvalue weighted by Crippen LogP contribution is -2.20. The van der Waals surface area contributed by atoms with Crippen molar-refractivity contribution in [1.29, 1.82) is 0 Å². The van der Waals surface area contributed by atoms with Gasteiger partial charge in [-0.2, -0.15) is 0 Å². The monoisotopic (exact) mass is 312 g/mol. The second kappa shape index (κ2) is 5.98. The normalized spacial score (nSPS) is 15.7. The number of carbonyl (C=O) groups is 2. The molecule has 0 radical (unpaired) electrons. The summed E-state index contributed by atoms with van der Waals surface area (Å²) in [6, 6.07) is 3.14. The lowest BCUT2D eigenvalue weighted by molar-refractivity contribution is -0.123. The standard InChI is InChI=1S/C15H14Cl2O3/c1-2-8-10(16)7-6-9(14(8)17)15(20)13-11(18)4-3-5-12(13)19/h6-7,20H,2-5H2,1H3. The Morgan fingerprint density at radius 1 is 1.20 bits per heavy atom. The zero-order chi connectivity index (χ0) is 14.9. The molecule has 0 spiro atoms. The van der Waals surface area contributed by atoms with E-state index >= 15 is 0 Å². The molecule has 1 aliphatic carbocycles. The number of rotatable bonds is 2. The van der Waals surface area contributed by atoms with Crippen molar-refractivity contribution >= 4 is 40.5 Å². The van der Waals surface area contributed by atoms with Gasteiger partial charge in [0, 0.05) is 23.4 Å². The van der Waals surface area contributed by atoms with Gasteiger partial charge in [0.15, 0.2) is 11.6 Å². The number of aliphatic hydroxyl groups is 1. The van der Waals surface area contributed by atoms with Crippen LogP contribution in [0.1, 0.15) is 37.3 Å². The molecular formula is C15H14Cl2O3. The molecule has 0 amide bonds. The fourth-order valence-electron chi connectivity index (χ4n) is 2.32. The van der Waals surface area contributed by atoms with E-state index in [0.717, 1.165) is 0 Å². The van der Waals surface area contributed by atoms with Crippen molar-refractivity contribution in [2.45, 2.75) is 32.6 Å². The van der Waals surface area contributed by atoms with Crippen LogP contribution in [0.2, 0.25) is 10.0 Å². The number of Topliss-reactive ketones (excluding diaryl/α,β-unsaturated/α-hetero) is 2. The molecule has 0 aliphatic heterocycles. The van der Waals surface area contributed by atoms with Gasteiger partial charge in [0.25, 0.3) is 0 Å². The highest BCUT2D eigenvalue weighted by Gasteiger charge is 2.28. The van der Waals surface area contributed by atoms with E-state index in [1.807, 2.05) is 6.92 Å². The molecule has 0 heterocycles. The predicted molar refractivity (Wildman–Crippen MR) is 79.3 cm³/mol. The van der Waals surface area contributed by atoms with Crippen molar-refractivity contribution in [3.8, 4) is 0 Å². The van der Waals surface area contributed by atoms with Crippen LogP contribution < -0.4 is 0 Å². The van der Waals surface area contributed by atoms with Gasteiger partial charge in [-0.25, -0.2) is 0 Å². The van der Waals surface area contributed by atoms with Gasteiger partial charge in [-0.1, -0.05) is 30.1 Å². The first-order chi connectivity index (χ1) is 9.47. The molecule has 0 bridgehead atoms. The first-order valence-electron chi connectivity index (χ1n) is 6.44. The third kappa shape index (κ3) is 2.60. The van der Waals surface area contributed by atoms with Crippen molar-refractivity contribution in [2.75, 3.05) is 0 Å². The molecule has 0 aromatic heterocycles. The fraction of sp³-hybridized carbons (Fsp3) is 0.333. The summed E-state index contributed by atoms with van der Waals surface area (Å²) in [5.74, 6) is -0.998. The topological polar surface area (TPSA) is 54.4 Å². The summed E-state index contributed by atoms with van der Waals surface area (Å²) in [7, 11) is 0. The van der Waals surface area contributed by atoms with Crippen LogP contribution in [-0.4, -0.2) is 16.7 Å². The highest BCUT2D eigenvalue weighted by molar-refractivity contribution is 6.37. The van der Waals surface area contributed by atoms with Crippen LogP contribution >= 0.6 is 23.2 Å². The number of allylic oxidation sites excluding steroid dienone is 1. The van der Waals surface area contributed by atoms with Crippen LogP contribution in [0, 0.1) is 0 Å². The number of carbonyl (C=O) groups excluding carboxylic acids is 2. The second-order valence-corrected chi connectivity index (χ2v) is 5.45. The Hall–Kier alpha value is -1.32. The molecule has 20 heavy (non-hydrogen) atoms. The maximum absolute atomic E-state index is 11.8. The smallest absolute Gasteiger partial charge is 0.170 e. The molecule has 2 rings (SSSR count). The molecule has 1 aromatic carbocycles. The highest BCUT2D eigenvalue weighted by atomic mass is 35.5. The minimum atomic E-state index is -0.337. The minimum absolute atomic E-state index is 0.137. The fourth-order valence-corrected chi connectivity index (χ4v) is 3.05. The molecule has 0 unspecified atom stereocenters. The molecule has 1 saturated carbocycles. The Labute approximate surface area is 127 Å². The third-order valence-corrected chi connectivity index (χ3v) is 4.18. The van der Waals surface area contributed by atoms with E-state index in [2.05, 4.69) is 0 Å². The molecule has 1 N–H and O–H groups in total. The molecular weight excluding hydrogens is 299 g/mol. The maximum Gasteiger partial charge on any atom is 0.170 e. The summed E-state index contributed by atoms with van der Waals surface area (Å²) in [5, 5.41) is 11.1. The van der Waals surface area contributed by atoms with Crippen LogP contribution in [0.15, 0.2) is 17.7 Å². The van der Waals surface area contributed by atoms with Gasteiger partial charge in [0.2, 0.25) is 0 Å².